The van der Waals surface area contributed by atoms with Gasteiger partial charge in [0.15, 0.2) is 0 Å². The first kappa shape index (κ1) is 25.6. The fourth-order valence-electron chi connectivity index (χ4n) is 5.76. The van der Waals surface area contributed by atoms with E-state index in [2.05, 4.69) is 78.1 Å². The maximum Gasteiger partial charge on any atom is 0.141 e. The first-order valence-corrected chi connectivity index (χ1v) is 14.1. The Morgan fingerprint density at radius 2 is 1.60 bits per heavy atom. The van der Waals surface area contributed by atoms with Gasteiger partial charge in [0.2, 0.25) is 0 Å². The summed E-state index contributed by atoms with van der Waals surface area (Å²) < 4.78 is 16.0. The average Bonchev–Trinajstić information content (AvgIpc) is 3.64. The molecule has 3 aromatic heterocycles. The number of para-hydroxylation sites is 1. The first-order chi connectivity index (χ1) is 20.6. The Morgan fingerprint density at radius 3 is 2.48 bits per heavy atom. The van der Waals surface area contributed by atoms with E-state index in [0.717, 1.165) is 62.5 Å². The zero-order valence-electron chi connectivity index (χ0n) is 23.8. The van der Waals surface area contributed by atoms with Crippen LogP contribution in [0.3, 0.4) is 0 Å². The maximum atomic E-state index is 6.43. The molecule has 0 aliphatic heterocycles. The second kappa shape index (κ2) is 10.6. The highest BCUT2D eigenvalue weighted by Gasteiger charge is 2.15. The Labute approximate surface area is 244 Å². The number of nitrogens with zero attached hydrogens (tertiary/aromatic N) is 4. The molecule has 0 saturated heterocycles. The molecule has 0 fully saturated rings. The van der Waals surface area contributed by atoms with Crippen molar-refractivity contribution in [3.63, 3.8) is 0 Å². The van der Waals surface area contributed by atoms with Crippen LogP contribution in [-0.2, 0) is 6.42 Å². The minimum Gasteiger partial charge on any atom is -0.497 e. The van der Waals surface area contributed by atoms with Crippen molar-refractivity contribution in [3.8, 4) is 39.9 Å². The van der Waals surface area contributed by atoms with Crippen molar-refractivity contribution in [1.29, 1.82) is 0 Å². The highest BCUT2D eigenvalue weighted by molar-refractivity contribution is 6.09. The molecule has 0 radical (unpaired) electrons. The third-order valence-electron chi connectivity index (χ3n) is 7.76. The molecule has 4 aromatic carbocycles. The summed E-state index contributed by atoms with van der Waals surface area (Å²) in [7, 11) is 1.67. The molecule has 0 atom stereocenters. The van der Waals surface area contributed by atoms with E-state index in [9.17, 15) is 0 Å². The lowest BCUT2D eigenvalue weighted by Crippen LogP contribution is -1.98. The number of hydrogen-bond donors (Lipinski definition) is 0. The number of hydrogen-bond acceptors (Lipinski definition) is 4. The molecule has 7 aromatic rings. The van der Waals surface area contributed by atoms with E-state index in [1.165, 1.54) is 16.7 Å². The van der Waals surface area contributed by atoms with Crippen molar-refractivity contribution in [3.05, 3.63) is 127 Å². The number of pyridine rings is 1. The number of rotatable bonds is 7. The van der Waals surface area contributed by atoms with Gasteiger partial charge in [0.25, 0.3) is 0 Å². The van der Waals surface area contributed by atoms with Gasteiger partial charge in [0.05, 0.1) is 30.0 Å². The van der Waals surface area contributed by atoms with Gasteiger partial charge in [-0.3, -0.25) is 4.57 Å². The lowest BCUT2D eigenvalue weighted by molar-refractivity contribution is 0.414. The number of methoxy groups -OCH3 is 1. The second-order valence-corrected chi connectivity index (χ2v) is 10.3. The van der Waals surface area contributed by atoms with Gasteiger partial charge in [-0.05, 0) is 66.4 Å². The molecule has 0 unspecified atom stereocenters. The number of ether oxygens (including phenoxy) is 2. The molecule has 0 aliphatic carbocycles. The van der Waals surface area contributed by atoms with Crippen molar-refractivity contribution in [2.24, 2.45) is 0 Å². The Balaban J connectivity index is 1.25. The van der Waals surface area contributed by atoms with Gasteiger partial charge >= 0.3 is 0 Å². The van der Waals surface area contributed by atoms with E-state index in [1.807, 2.05) is 59.4 Å². The van der Waals surface area contributed by atoms with Gasteiger partial charge in [0.1, 0.15) is 23.1 Å². The molecule has 0 saturated carbocycles. The lowest BCUT2D eigenvalue weighted by Gasteiger charge is -2.11. The highest BCUT2D eigenvalue weighted by Crippen LogP contribution is 2.36. The number of benzene rings is 4. The van der Waals surface area contributed by atoms with Gasteiger partial charge in [0, 0.05) is 46.9 Å². The van der Waals surface area contributed by atoms with Crippen LogP contribution in [0.25, 0.3) is 44.4 Å². The van der Waals surface area contributed by atoms with Gasteiger partial charge in [-0.2, -0.15) is 5.10 Å². The van der Waals surface area contributed by atoms with Crippen molar-refractivity contribution in [2.75, 3.05) is 7.11 Å². The lowest BCUT2D eigenvalue weighted by atomic mass is 9.96. The van der Waals surface area contributed by atoms with E-state index in [4.69, 9.17) is 14.6 Å². The molecule has 6 nitrogen and oxygen atoms in total. The van der Waals surface area contributed by atoms with Crippen LogP contribution < -0.4 is 9.47 Å². The fourth-order valence-corrected chi connectivity index (χ4v) is 5.76. The number of aromatic nitrogens is 4. The quantitative estimate of drug-likeness (QED) is 0.199. The Hall–Kier alpha value is -5.36. The summed E-state index contributed by atoms with van der Waals surface area (Å²) >= 11 is 0. The topological polar surface area (TPSA) is 54.1 Å². The molecule has 0 bridgehead atoms. The molecular weight excluding hydrogens is 520 g/mol. The van der Waals surface area contributed by atoms with Crippen molar-refractivity contribution in [1.82, 2.24) is 19.3 Å². The number of aryl methyl sites for hydroxylation is 2. The minimum absolute atomic E-state index is 0.733. The minimum atomic E-state index is 0.733. The van der Waals surface area contributed by atoms with Gasteiger partial charge in [-0.1, -0.05) is 49.4 Å². The summed E-state index contributed by atoms with van der Waals surface area (Å²) in [5, 5.41) is 6.97. The molecule has 0 N–H and O–H groups in total. The first-order valence-electron chi connectivity index (χ1n) is 14.1. The van der Waals surface area contributed by atoms with Crippen LogP contribution in [-0.4, -0.2) is 26.4 Å². The molecule has 206 valence electrons. The summed E-state index contributed by atoms with van der Waals surface area (Å²) in [6.45, 7) is 4.34. The Bertz CT molecular complexity index is 2070. The van der Waals surface area contributed by atoms with Crippen molar-refractivity contribution >= 4 is 21.8 Å². The third-order valence-corrected chi connectivity index (χ3v) is 7.76. The fraction of sp³-hybridized carbons (Fsp3) is 0.111. The standard InChI is InChI=1S/C36H30N4O2/c1-4-25-10-7-9-24(2)36(25)26-22-38-39(23-26)27-11-8-12-29(19-27)42-30-15-16-32-31-13-5-6-14-33(31)40(34(32)20-30)35-21-28(41-3)17-18-37-35/h5-23H,4H2,1-3H3. The summed E-state index contributed by atoms with van der Waals surface area (Å²) in [5.74, 6) is 3.01. The molecule has 0 aliphatic rings. The number of fused-ring (bicyclic) bond motifs is 3. The SMILES string of the molecule is CCc1cccc(C)c1-c1cnn(-c2cccc(Oc3ccc4c5ccccc5n(-c5cc(OC)ccn5)c4c3)c2)c1. The molecular formula is C36H30N4O2. The summed E-state index contributed by atoms with van der Waals surface area (Å²) in [4.78, 5) is 4.66. The highest BCUT2D eigenvalue weighted by atomic mass is 16.5. The van der Waals surface area contributed by atoms with Crippen LogP contribution in [0.4, 0.5) is 0 Å². The van der Waals surface area contributed by atoms with E-state index < -0.39 is 0 Å². The zero-order chi connectivity index (χ0) is 28.6. The van der Waals surface area contributed by atoms with Gasteiger partial charge in [-0.15, -0.1) is 0 Å². The Morgan fingerprint density at radius 1 is 0.762 bits per heavy atom. The Kier molecular flexibility index (Phi) is 6.44. The smallest absolute Gasteiger partial charge is 0.141 e. The van der Waals surface area contributed by atoms with Gasteiger partial charge in [-0.25, -0.2) is 9.67 Å². The summed E-state index contributed by atoms with van der Waals surface area (Å²) in [6.07, 6.45) is 6.77. The molecule has 0 spiro atoms. The van der Waals surface area contributed by atoms with E-state index in [0.29, 0.717) is 0 Å². The van der Waals surface area contributed by atoms with Crippen molar-refractivity contribution in [2.45, 2.75) is 20.3 Å². The van der Waals surface area contributed by atoms with Crippen LogP contribution in [0.1, 0.15) is 18.1 Å². The molecule has 3 heterocycles. The van der Waals surface area contributed by atoms with Crippen molar-refractivity contribution < 1.29 is 9.47 Å². The van der Waals surface area contributed by atoms with Crippen LogP contribution in [0.15, 0.2) is 116 Å². The van der Waals surface area contributed by atoms with Crippen LogP contribution in [0.5, 0.6) is 17.2 Å². The van der Waals surface area contributed by atoms with Crippen LogP contribution in [0, 0.1) is 6.92 Å². The van der Waals surface area contributed by atoms with E-state index in [-0.39, 0.29) is 0 Å². The van der Waals surface area contributed by atoms with Crippen LogP contribution >= 0.6 is 0 Å². The zero-order valence-corrected chi connectivity index (χ0v) is 23.8. The maximum absolute atomic E-state index is 6.43. The second-order valence-electron chi connectivity index (χ2n) is 10.3. The average molecular weight is 551 g/mol. The molecule has 0 amide bonds. The van der Waals surface area contributed by atoms with E-state index >= 15 is 0 Å². The van der Waals surface area contributed by atoms with Crippen LogP contribution in [0.2, 0.25) is 0 Å². The summed E-state index contributed by atoms with van der Waals surface area (Å²) in [6, 6.07) is 32.8. The third kappa shape index (κ3) is 4.47. The molecule has 6 heteroatoms. The van der Waals surface area contributed by atoms with Gasteiger partial charge < -0.3 is 9.47 Å². The normalized spacial score (nSPS) is 11.3. The molecule has 7 rings (SSSR count). The monoisotopic (exact) mass is 550 g/mol. The molecule has 42 heavy (non-hydrogen) atoms. The predicted octanol–water partition coefficient (Wildman–Crippen LogP) is 8.70. The predicted molar refractivity (Wildman–Crippen MR) is 168 cm³/mol. The largest absolute Gasteiger partial charge is 0.497 e. The summed E-state index contributed by atoms with van der Waals surface area (Å²) in [5.41, 5.74) is 7.95. The van der Waals surface area contributed by atoms with E-state index in [1.54, 1.807) is 13.3 Å².